The zero-order chi connectivity index (χ0) is 12.7. The molecule has 0 saturated carbocycles. The fourth-order valence-corrected chi connectivity index (χ4v) is 2.55. The predicted molar refractivity (Wildman–Crippen MR) is 72.8 cm³/mol. The van der Waals surface area contributed by atoms with Crippen LogP contribution in [0.25, 0.3) is 11.4 Å². The molecular formula is C12H9IN2O3. The van der Waals surface area contributed by atoms with Crippen LogP contribution in [-0.2, 0) is 6.54 Å². The molecule has 1 aromatic carbocycles. The highest BCUT2D eigenvalue weighted by Crippen LogP contribution is 2.32. The van der Waals surface area contributed by atoms with Crippen LogP contribution in [0.3, 0.4) is 0 Å². The van der Waals surface area contributed by atoms with Gasteiger partial charge in [-0.05, 0) is 40.8 Å². The molecule has 0 amide bonds. The van der Waals surface area contributed by atoms with E-state index >= 15 is 0 Å². The highest BCUT2D eigenvalue weighted by molar-refractivity contribution is 14.1. The molecule has 18 heavy (non-hydrogen) atoms. The SMILES string of the molecule is O=C(O)c1ccc2c(c1)-c1nc(I)cn1CCO2. The van der Waals surface area contributed by atoms with Gasteiger partial charge in [0.2, 0.25) is 0 Å². The lowest BCUT2D eigenvalue weighted by Gasteiger charge is -2.06. The lowest BCUT2D eigenvalue weighted by molar-refractivity contribution is 0.0697. The number of carbonyl (C=O) groups is 1. The minimum absolute atomic E-state index is 0.240. The van der Waals surface area contributed by atoms with Crippen LogP contribution in [0.2, 0.25) is 0 Å². The third-order valence-corrected chi connectivity index (χ3v) is 3.32. The monoisotopic (exact) mass is 356 g/mol. The number of benzene rings is 1. The largest absolute Gasteiger partial charge is 0.491 e. The van der Waals surface area contributed by atoms with Crippen LogP contribution < -0.4 is 4.74 Å². The van der Waals surface area contributed by atoms with Crippen molar-refractivity contribution in [2.75, 3.05) is 6.61 Å². The van der Waals surface area contributed by atoms with Gasteiger partial charge in [-0.3, -0.25) is 0 Å². The Kier molecular flexibility index (Phi) is 2.73. The number of carboxylic acid groups (broad SMARTS) is 1. The highest BCUT2D eigenvalue weighted by atomic mass is 127. The maximum absolute atomic E-state index is 11.0. The Morgan fingerprint density at radius 3 is 3.11 bits per heavy atom. The standard InChI is InChI=1S/C12H9IN2O3/c13-10-6-15-3-4-18-9-2-1-7(12(16)17)5-8(9)11(15)14-10/h1-2,5-6H,3-4H2,(H,16,17). The van der Waals surface area contributed by atoms with Crippen molar-refractivity contribution in [1.29, 1.82) is 0 Å². The van der Waals surface area contributed by atoms with Gasteiger partial charge >= 0.3 is 5.97 Å². The van der Waals surface area contributed by atoms with E-state index in [4.69, 9.17) is 9.84 Å². The van der Waals surface area contributed by atoms with Crippen molar-refractivity contribution in [3.05, 3.63) is 33.7 Å². The molecule has 1 aliphatic heterocycles. The minimum atomic E-state index is -0.949. The van der Waals surface area contributed by atoms with E-state index in [-0.39, 0.29) is 5.56 Å². The zero-order valence-electron chi connectivity index (χ0n) is 9.26. The number of hydrogen-bond acceptors (Lipinski definition) is 3. The van der Waals surface area contributed by atoms with Gasteiger partial charge in [0.25, 0.3) is 0 Å². The summed E-state index contributed by atoms with van der Waals surface area (Å²) in [5, 5.41) is 9.04. The first-order chi connectivity index (χ1) is 8.65. The molecule has 6 heteroatoms. The van der Waals surface area contributed by atoms with Gasteiger partial charge in [-0.1, -0.05) is 0 Å². The van der Waals surface area contributed by atoms with E-state index in [1.165, 1.54) is 0 Å². The summed E-state index contributed by atoms with van der Waals surface area (Å²) >= 11 is 2.15. The average Bonchev–Trinajstić information content (AvgIpc) is 2.62. The highest BCUT2D eigenvalue weighted by Gasteiger charge is 2.19. The predicted octanol–water partition coefficient (Wildman–Crippen LogP) is 2.25. The maximum Gasteiger partial charge on any atom is 0.335 e. The number of carboxylic acids is 1. The van der Waals surface area contributed by atoms with Crippen LogP contribution >= 0.6 is 22.6 Å². The van der Waals surface area contributed by atoms with Gasteiger partial charge in [0, 0.05) is 6.20 Å². The summed E-state index contributed by atoms with van der Waals surface area (Å²) in [6, 6.07) is 4.85. The summed E-state index contributed by atoms with van der Waals surface area (Å²) in [5.41, 5.74) is 0.971. The molecule has 5 nitrogen and oxygen atoms in total. The first-order valence-corrected chi connectivity index (χ1v) is 6.46. The lowest BCUT2D eigenvalue weighted by atomic mass is 10.1. The molecule has 2 aromatic rings. The molecule has 0 bridgehead atoms. The Labute approximate surface area is 117 Å². The van der Waals surface area contributed by atoms with E-state index in [1.54, 1.807) is 18.2 Å². The Morgan fingerprint density at radius 1 is 1.50 bits per heavy atom. The fraction of sp³-hybridized carbons (Fsp3) is 0.167. The summed E-state index contributed by atoms with van der Waals surface area (Å²) in [4.78, 5) is 15.5. The van der Waals surface area contributed by atoms with Crippen molar-refractivity contribution in [2.24, 2.45) is 0 Å². The van der Waals surface area contributed by atoms with E-state index in [0.29, 0.717) is 18.9 Å². The lowest BCUT2D eigenvalue weighted by Crippen LogP contribution is -2.04. The first-order valence-electron chi connectivity index (χ1n) is 5.38. The van der Waals surface area contributed by atoms with Crippen molar-refractivity contribution < 1.29 is 14.6 Å². The number of nitrogens with zero attached hydrogens (tertiary/aromatic N) is 2. The number of imidazole rings is 1. The molecule has 0 spiro atoms. The van der Waals surface area contributed by atoms with Crippen molar-refractivity contribution in [1.82, 2.24) is 9.55 Å². The summed E-state index contributed by atoms with van der Waals surface area (Å²) in [6.07, 6.45) is 1.93. The van der Waals surface area contributed by atoms with E-state index in [0.717, 1.165) is 15.1 Å². The normalized spacial score (nSPS) is 13.2. The van der Waals surface area contributed by atoms with Gasteiger partial charge in [0.05, 0.1) is 17.7 Å². The van der Waals surface area contributed by atoms with Crippen molar-refractivity contribution in [3.8, 4) is 17.1 Å². The third kappa shape index (κ3) is 1.86. The molecule has 1 aromatic heterocycles. The summed E-state index contributed by atoms with van der Waals surface area (Å²) in [5.74, 6) is 0.491. The second-order valence-electron chi connectivity index (χ2n) is 3.95. The smallest absolute Gasteiger partial charge is 0.335 e. The second-order valence-corrected chi connectivity index (χ2v) is 5.05. The van der Waals surface area contributed by atoms with Crippen LogP contribution in [0.5, 0.6) is 5.75 Å². The van der Waals surface area contributed by atoms with Gasteiger partial charge in [0.15, 0.2) is 0 Å². The molecule has 0 atom stereocenters. The Bertz CT molecular complexity index is 636. The quantitative estimate of drug-likeness (QED) is 0.797. The number of fused-ring (bicyclic) bond motifs is 3. The molecule has 0 saturated heterocycles. The van der Waals surface area contributed by atoms with E-state index in [9.17, 15) is 4.79 Å². The van der Waals surface area contributed by atoms with Gasteiger partial charge in [-0.15, -0.1) is 0 Å². The molecule has 0 unspecified atom stereocenters. The molecule has 0 aliphatic carbocycles. The third-order valence-electron chi connectivity index (χ3n) is 2.80. The summed E-state index contributed by atoms with van der Waals surface area (Å²) in [6.45, 7) is 1.27. The number of aromatic nitrogens is 2. The topological polar surface area (TPSA) is 64.3 Å². The number of hydrogen-bond donors (Lipinski definition) is 1. The molecule has 1 N–H and O–H groups in total. The van der Waals surface area contributed by atoms with Gasteiger partial charge in [-0.25, -0.2) is 9.78 Å². The van der Waals surface area contributed by atoms with Crippen molar-refractivity contribution >= 4 is 28.6 Å². The van der Waals surface area contributed by atoms with Crippen LogP contribution in [0.15, 0.2) is 24.4 Å². The van der Waals surface area contributed by atoms with Gasteiger partial charge in [0.1, 0.15) is 21.9 Å². The van der Waals surface area contributed by atoms with Crippen molar-refractivity contribution in [2.45, 2.75) is 6.54 Å². The Balaban J connectivity index is 2.23. The second kappa shape index (κ2) is 4.27. The van der Waals surface area contributed by atoms with Gasteiger partial charge in [-0.2, -0.15) is 0 Å². The fourth-order valence-electron chi connectivity index (χ4n) is 1.99. The van der Waals surface area contributed by atoms with Crippen LogP contribution in [0.1, 0.15) is 10.4 Å². The van der Waals surface area contributed by atoms with E-state index in [1.807, 2.05) is 10.8 Å². The molecule has 2 heterocycles. The molecule has 1 aliphatic rings. The molecule has 0 radical (unpaired) electrons. The molecule has 0 fully saturated rings. The van der Waals surface area contributed by atoms with Crippen LogP contribution in [-0.4, -0.2) is 27.2 Å². The zero-order valence-corrected chi connectivity index (χ0v) is 11.4. The minimum Gasteiger partial charge on any atom is -0.491 e. The van der Waals surface area contributed by atoms with E-state index < -0.39 is 5.97 Å². The molecular weight excluding hydrogens is 347 g/mol. The van der Waals surface area contributed by atoms with Gasteiger partial charge < -0.3 is 14.4 Å². The Hall–Kier alpha value is -1.57. The summed E-state index contributed by atoms with van der Waals surface area (Å²) in [7, 11) is 0. The Morgan fingerprint density at radius 2 is 2.33 bits per heavy atom. The average molecular weight is 356 g/mol. The van der Waals surface area contributed by atoms with Crippen LogP contribution in [0, 0.1) is 3.70 Å². The number of halogens is 1. The molecule has 92 valence electrons. The number of ether oxygens (including phenoxy) is 1. The summed E-state index contributed by atoms with van der Waals surface area (Å²) < 4.78 is 8.48. The number of aromatic carboxylic acids is 1. The first kappa shape index (κ1) is 11.5. The maximum atomic E-state index is 11.0. The van der Waals surface area contributed by atoms with Crippen molar-refractivity contribution in [3.63, 3.8) is 0 Å². The van der Waals surface area contributed by atoms with Crippen LogP contribution in [0.4, 0.5) is 0 Å². The molecule has 3 rings (SSSR count). The van der Waals surface area contributed by atoms with E-state index in [2.05, 4.69) is 27.6 Å². The number of rotatable bonds is 1.